The van der Waals surface area contributed by atoms with Crippen LogP contribution in [0.25, 0.3) is 0 Å². The molecule has 2 amide bonds. The highest BCUT2D eigenvalue weighted by molar-refractivity contribution is 5.83. The van der Waals surface area contributed by atoms with E-state index in [0.29, 0.717) is 13.2 Å². The third kappa shape index (κ3) is 4.22. The molecule has 1 aliphatic heterocycles. The number of carbonyl (C=O) groups excluding carboxylic acids is 1. The standard InChI is InChI=1S/C11H20N2O4/c1-11(2,3)8(9(14)15)13-10(16)12-7-4-5-17-6-7/h7-8H,4-6H2,1-3H3,(H,14,15)(H2,12,13,16)/t7?,8-/m1/s1. The molecule has 6 nitrogen and oxygen atoms in total. The second-order valence-corrected chi connectivity index (χ2v) is 5.32. The van der Waals surface area contributed by atoms with Crippen molar-refractivity contribution in [3.05, 3.63) is 0 Å². The number of nitrogens with one attached hydrogen (secondary N) is 2. The van der Waals surface area contributed by atoms with Crippen LogP contribution in [0.4, 0.5) is 4.79 Å². The Hall–Kier alpha value is -1.30. The van der Waals surface area contributed by atoms with Crippen molar-refractivity contribution in [1.82, 2.24) is 10.6 Å². The SMILES string of the molecule is CC(C)(C)[C@H](NC(=O)NC1CCOC1)C(=O)O. The molecule has 0 spiro atoms. The Morgan fingerprint density at radius 1 is 1.41 bits per heavy atom. The minimum atomic E-state index is -1.03. The van der Waals surface area contributed by atoms with E-state index in [0.717, 1.165) is 6.42 Å². The van der Waals surface area contributed by atoms with Gasteiger partial charge in [-0.25, -0.2) is 9.59 Å². The topological polar surface area (TPSA) is 87.7 Å². The van der Waals surface area contributed by atoms with Gasteiger partial charge in [-0.1, -0.05) is 20.8 Å². The fourth-order valence-electron chi connectivity index (χ4n) is 1.66. The number of carbonyl (C=O) groups is 2. The van der Waals surface area contributed by atoms with Gasteiger partial charge in [-0.2, -0.15) is 0 Å². The summed E-state index contributed by atoms with van der Waals surface area (Å²) >= 11 is 0. The molecule has 0 radical (unpaired) electrons. The summed E-state index contributed by atoms with van der Waals surface area (Å²) in [7, 11) is 0. The Morgan fingerprint density at radius 3 is 2.47 bits per heavy atom. The number of aliphatic carboxylic acids is 1. The van der Waals surface area contributed by atoms with Gasteiger partial charge in [0.05, 0.1) is 12.6 Å². The lowest BCUT2D eigenvalue weighted by Crippen LogP contribution is -2.54. The number of amides is 2. The predicted octanol–water partition coefficient (Wildman–Crippen LogP) is 0.574. The number of urea groups is 1. The molecule has 1 unspecified atom stereocenters. The first-order valence-electron chi connectivity index (χ1n) is 5.68. The zero-order valence-corrected chi connectivity index (χ0v) is 10.4. The van der Waals surface area contributed by atoms with Crippen molar-refractivity contribution in [2.24, 2.45) is 5.41 Å². The fraction of sp³-hybridized carbons (Fsp3) is 0.818. The zero-order valence-electron chi connectivity index (χ0n) is 10.4. The van der Waals surface area contributed by atoms with Crippen LogP contribution in [0.1, 0.15) is 27.2 Å². The first-order valence-corrected chi connectivity index (χ1v) is 5.68. The van der Waals surface area contributed by atoms with Gasteiger partial charge in [-0.15, -0.1) is 0 Å². The molecule has 0 bridgehead atoms. The van der Waals surface area contributed by atoms with Crippen molar-refractivity contribution in [2.45, 2.75) is 39.3 Å². The summed E-state index contributed by atoms with van der Waals surface area (Å²) in [5.74, 6) is -1.03. The first kappa shape index (κ1) is 13.8. The third-order valence-electron chi connectivity index (χ3n) is 2.65. The van der Waals surface area contributed by atoms with Crippen LogP contribution >= 0.6 is 0 Å². The van der Waals surface area contributed by atoms with Gasteiger partial charge in [0.2, 0.25) is 0 Å². The van der Waals surface area contributed by atoms with Crippen LogP contribution < -0.4 is 10.6 Å². The van der Waals surface area contributed by atoms with Crippen molar-refractivity contribution in [2.75, 3.05) is 13.2 Å². The van der Waals surface area contributed by atoms with Crippen molar-refractivity contribution in [1.29, 1.82) is 0 Å². The monoisotopic (exact) mass is 244 g/mol. The van der Waals surface area contributed by atoms with Gasteiger partial charge in [0.1, 0.15) is 6.04 Å². The molecule has 0 aromatic rings. The smallest absolute Gasteiger partial charge is 0.326 e. The summed E-state index contributed by atoms with van der Waals surface area (Å²) in [5, 5.41) is 14.2. The third-order valence-corrected chi connectivity index (χ3v) is 2.65. The molecule has 0 saturated carbocycles. The lowest BCUT2D eigenvalue weighted by atomic mass is 9.87. The van der Waals surface area contributed by atoms with E-state index in [-0.39, 0.29) is 6.04 Å². The summed E-state index contributed by atoms with van der Waals surface area (Å²) in [6.45, 7) is 6.42. The van der Waals surface area contributed by atoms with Crippen molar-refractivity contribution >= 4 is 12.0 Å². The molecular weight excluding hydrogens is 224 g/mol. The molecule has 1 fully saturated rings. The van der Waals surface area contributed by atoms with Gasteiger partial charge in [-0.05, 0) is 11.8 Å². The van der Waals surface area contributed by atoms with E-state index in [1.54, 1.807) is 20.8 Å². The number of rotatable bonds is 3. The van der Waals surface area contributed by atoms with Gasteiger partial charge in [0, 0.05) is 6.61 Å². The van der Waals surface area contributed by atoms with E-state index in [1.165, 1.54) is 0 Å². The van der Waals surface area contributed by atoms with Crippen LogP contribution in [-0.4, -0.2) is 42.4 Å². The molecule has 1 rings (SSSR count). The van der Waals surface area contributed by atoms with Gasteiger partial charge in [0.25, 0.3) is 0 Å². The van der Waals surface area contributed by atoms with E-state index in [4.69, 9.17) is 9.84 Å². The Balaban J connectivity index is 2.49. The maximum absolute atomic E-state index is 11.6. The fourth-order valence-corrected chi connectivity index (χ4v) is 1.66. The molecule has 6 heteroatoms. The Kier molecular flexibility index (Phi) is 4.34. The summed E-state index contributed by atoms with van der Waals surface area (Å²) in [6, 6.07) is -1.39. The number of hydrogen-bond acceptors (Lipinski definition) is 3. The maximum Gasteiger partial charge on any atom is 0.326 e. The highest BCUT2D eigenvalue weighted by atomic mass is 16.5. The van der Waals surface area contributed by atoms with Gasteiger partial charge < -0.3 is 20.5 Å². The molecule has 2 atom stereocenters. The number of carboxylic acids is 1. The van der Waals surface area contributed by atoms with Gasteiger partial charge in [0.15, 0.2) is 0 Å². The van der Waals surface area contributed by atoms with E-state index in [1.807, 2.05) is 0 Å². The normalized spacial score (nSPS) is 21.9. The van der Waals surface area contributed by atoms with Crippen LogP contribution in [0.2, 0.25) is 0 Å². The predicted molar refractivity (Wildman–Crippen MR) is 61.8 cm³/mol. The molecule has 0 aromatic carbocycles. The Bertz CT molecular complexity index is 292. The average molecular weight is 244 g/mol. The number of carboxylic acid groups (broad SMARTS) is 1. The van der Waals surface area contributed by atoms with Crippen LogP contribution in [0.3, 0.4) is 0 Å². The summed E-state index contributed by atoms with van der Waals surface area (Å²) in [5.41, 5.74) is -0.532. The molecule has 98 valence electrons. The second kappa shape index (κ2) is 5.35. The highest BCUT2D eigenvalue weighted by Crippen LogP contribution is 2.19. The number of hydrogen-bond donors (Lipinski definition) is 3. The lowest BCUT2D eigenvalue weighted by molar-refractivity contribution is -0.141. The Labute approximate surface area is 101 Å². The molecule has 0 aromatic heterocycles. The molecule has 17 heavy (non-hydrogen) atoms. The minimum Gasteiger partial charge on any atom is -0.480 e. The van der Waals surface area contributed by atoms with Gasteiger partial charge >= 0.3 is 12.0 Å². The van der Waals surface area contributed by atoms with Crippen LogP contribution in [0.15, 0.2) is 0 Å². The largest absolute Gasteiger partial charge is 0.480 e. The first-order chi connectivity index (χ1) is 7.80. The lowest BCUT2D eigenvalue weighted by Gasteiger charge is -2.28. The van der Waals surface area contributed by atoms with Crippen molar-refractivity contribution < 1.29 is 19.4 Å². The van der Waals surface area contributed by atoms with Crippen molar-refractivity contribution in [3.8, 4) is 0 Å². The summed E-state index contributed by atoms with van der Waals surface area (Å²) < 4.78 is 5.12. The van der Waals surface area contributed by atoms with Crippen LogP contribution in [0.5, 0.6) is 0 Å². The van der Waals surface area contributed by atoms with Crippen LogP contribution in [-0.2, 0) is 9.53 Å². The molecule has 3 N–H and O–H groups in total. The molecule has 1 aliphatic rings. The highest BCUT2D eigenvalue weighted by Gasteiger charge is 2.33. The zero-order chi connectivity index (χ0) is 13.1. The number of ether oxygens (including phenoxy) is 1. The van der Waals surface area contributed by atoms with Gasteiger partial charge in [-0.3, -0.25) is 0 Å². The molecule has 1 heterocycles. The molecule has 0 aliphatic carbocycles. The van der Waals surface area contributed by atoms with E-state index < -0.39 is 23.5 Å². The Morgan fingerprint density at radius 2 is 2.06 bits per heavy atom. The minimum absolute atomic E-state index is 0.0237. The molecular formula is C11H20N2O4. The van der Waals surface area contributed by atoms with E-state index >= 15 is 0 Å². The quantitative estimate of drug-likeness (QED) is 0.677. The van der Waals surface area contributed by atoms with Crippen LogP contribution in [0, 0.1) is 5.41 Å². The maximum atomic E-state index is 11.6. The summed E-state index contributed by atoms with van der Waals surface area (Å²) in [4.78, 5) is 22.7. The molecule has 1 saturated heterocycles. The van der Waals surface area contributed by atoms with Crippen molar-refractivity contribution in [3.63, 3.8) is 0 Å². The second-order valence-electron chi connectivity index (χ2n) is 5.32. The summed E-state index contributed by atoms with van der Waals surface area (Å²) in [6.07, 6.45) is 0.765. The average Bonchev–Trinajstić information content (AvgIpc) is 2.64. The van der Waals surface area contributed by atoms with E-state index in [9.17, 15) is 9.59 Å². The van der Waals surface area contributed by atoms with E-state index in [2.05, 4.69) is 10.6 Å².